The second-order valence-electron chi connectivity index (χ2n) is 2.97. The molecule has 0 aromatic heterocycles. The van der Waals surface area contributed by atoms with Crippen molar-refractivity contribution in [3.05, 3.63) is 12.7 Å². The van der Waals surface area contributed by atoms with Gasteiger partial charge in [0, 0.05) is 6.42 Å². The maximum atomic E-state index is 10.6. The largest absolute Gasteiger partial charge is 0.476 e. The first-order valence-electron chi connectivity index (χ1n) is 4.55. The van der Waals surface area contributed by atoms with Crippen molar-refractivity contribution in [1.82, 2.24) is 0 Å². The lowest BCUT2D eigenvalue weighted by Gasteiger charge is -1.97. The fourth-order valence-corrected chi connectivity index (χ4v) is 1.03. The Balaban J connectivity index is 3.21. The molecule has 0 aromatic rings. The molecule has 0 heterocycles. The van der Waals surface area contributed by atoms with E-state index in [9.17, 15) is 9.59 Å². The van der Waals surface area contributed by atoms with Crippen LogP contribution in [0.15, 0.2) is 12.7 Å². The standard InChI is InChI=1S/C10H16O3/c1-2-3-4-5-6-7-8-9(11)10(12)13/h2H,1,3-8H2,(H,12,13). The molecule has 0 aliphatic carbocycles. The summed E-state index contributed by atoms with van der Waals surface area (Å²) < 4.78 is 0. The minimum Gasteiger partial charge on any atom is -0.476 e. The van der Waals surface area contributed by atoms with Gasteiger partial charge in [-0.3, -0.25) is 4.79 Å². The molecule has 0 amide bonds. The maximum absolute atomic E-state index is 10.6. The molecule has 74 valence electrons. The minimum atomic E-state index is -1.31. The van der Waals surface area contributed by atoms with Crippen molar-refractivity contribution in [2.24, 2.45) is 0 Å². The summed E-state index contributed by atoms with van der Waals surface area (Å²) in [5, 5.41) is 8.26. The van der Waals surface area contributed by atoms with Gasteiger partial charge < -0.3 is 5.11 Å². The van der Waals surface area contributed by atoms with Gasteiger partial charge in [0.1, 0.15) is 0 Å². The molecule has 0 unspecified atom stereocenters. The molecule has 1 N–H and O–H groups in total. The zero-order chi connectivity index (χ0) is 10.1. The number of aliphatic carboxylic acids is 1. The Morgan fingerprint density at radius 2 is 1.77 bits per heavy atom. The number of ketones is 1. The summed E-state index contributed by atoms with van der Waals surface area (Å²) in [5.74, 6) is -1.99. The monoisotopic (exact) mass is 184 g/mol. The number of hydrogen-bond donors (Lipinski definition) is 1. The number of Topliss-reactive ketones (excluding diaryl/α,β-unsaturated/α-hetero) is 1. The second kappa shape index (κ2) is 7.53. The molecular weight excluding hydrogens is 168 g/mol. The summed E-state index contributed by atoms with van der Waals surface area (Å²) in [6.07, 6.45) is 6.75. The van der Waals surface area contributed by atoms with Gasteiger partial charge in [-0.25, -0.2) is 4.79 Å². The van der Waals surface area contributed by atoms with Crippen molar-refractivity contribution in [3.8, 4) is 0 Å². The third-order valence-corrected chi connectivity index (χ3v) is 1.80. The lowest BCUT2D eigenvalue weighted by Crippen LogP contribution is -2.11. The van der Waals surface area contributed by atoms with Gasteiger partial charge in [-0.1, -0.05) is 18.9 Å². The van der Waals surface area contributed by atoms with E-state index in [0.29, 0.717) is 6.42 Å². The fraction of sp³-hybridized carbons (Fsp3) is 0.600. The van der Waals surface area contributed by atoms with Crippen LogP contribution in [0.4, 0.5) is 0 Å². The van der Waals surface area contributed by atoms with Crippen LogP contribution in [-0.4, -0.2) is 16.9 Å². The molecule has 0 atom stereocenters. The van der Waals surface area contributed by atoms with Gasteiger partial charge in [-0.2, -0.15) is 0 Å². The van der Waals surface area contributed by atoms with Crippen molar-refractivity contribution in [2.75, 3.05) is 0 Å². The summed E-state index contributed by atoms with van der Waals surface area (Å²) in [4.78, 5) is 20.7. The highest BCUT2D eigenvalue weighted by molar-refractivity contribution is 6.32. The summed E-state index contributed by atoms with van der Waals surface area (Å²) in [6, 6.07) is 0. The van der Waals surface area contributed by atoms with Crippen molar-refractivity contribution < 1.29 is 14.7 Å². The third-order valence-electron chi connectivity index (χ3n) is 1.80. The molecule has 0 rings (SSSR count). The Bertz CT molecular complexity index is 185. The van der Waals surface area contributed by atoms with E-state index in [4.69, 9.17) is 5.11 Å². The average Bonchev–Trinajstić information content (AvgIpc) is 2.10. The summed E-state index contributed by atoms with van der Waals surface area (Å²) >= 11 is 0. The van der Waals surface area contributed by atoms with Gasteiger partial charge in [0.05, 0.1) is 0 Å². The molecule has 0 saturated heterocycles. The highest BCUT2D eigenvalue weighted by Gasteiger charge is 2.09. The lowest BCUT2D eigenvalue weighted by atomic mass is 10.1. The van der Waals surface area contributed by atoms with Crippen LogP contribution in [0, 0.1) is 0 Å². The number of rotatable bonds is 8. The van der Waals surface area contributed by atoms with Crippen LogP contribution in [-0.2, 0) is 9.59 Å². The summed E-state index contributed by atoms with van der Waals surface area (Å²) in [6.45, 7) is 3.60. The third kappa shape index (κ3) is 7.25. The maximum Gasteiger partial charge on any atom is 0.372 e. The molecule has 0 spiro atoms. The Morgan fingerprint density at radius 1 is 1.15 bits per heavy atom. The quantitative estimate of drug-likeness (QED) is 0.357. The molecule has 13 heavy (non-hydrogen) atoms. The van der Waals surface area contributed by atoms with E-state index in [1.165, 1.54) is 0 Å². The zero-order valence-corrected chi connectivity index (χ0v) is 7.79. The number of allylic oxidation sites excluding steroid dienone is 1. The highest BCUT2D eigenvalue weighted by atomic mass is 16.4. The van der Waals surface area contributed by atoms with Crippen LogP contribution >= 0.6 is 0 Å². The number of carboxylic acids is 1. The zero-order valence-electron chi connectivity index (χ0n) is 7.79. The van der Waals surface area contributed by atoms with Crippen LogP contribution in [0.1, 0.15) is 38.5 Å². The van der Waals surface area contributed by atoms with Gasteiger partial charge in [0.15, 0.2) is 0 Å². The first kappa shape index (κ1) is 11.9. The van der Waals surface area contributed by atoms with Crippen LogP contribution < -0.4 is 0 Å². The van der Waals surface area contributed by atoms with E-state index >= 15 is 0 Å². The van der Waals surface area contributed by atoms with E-state index in [2.05, 4.69) is 6.58 Å². The molecule has 0 aliphatic rings. The van der Waals surface area contributed by atoms with Gasteiger partial charge >= 0.3 is 5.97 Å². The molecule has 0 aromatic carbocycles. The van der Waals surface area contributed by atoms with Crippen molar-refractivity contribution in [1.29, 1.82) is 0 Å². The number of carboxylic acid groups (broad SMARTS) is 1. The van der Waals surface area contributed by atoms with Gasteiger partial charge in [0.25, 0.3) is 0 Å². The van der Waals surface area contributed by atoms with E-state index in [1.54, 1.807) is 0 Å². The Morgan fingerprint density at radius 3 is 2.31 bits per heavy atom. The lowest BCUT2D eigenvalue weighted by molar-refractivity contribution is -0.149. The Kier molecular flexibility index (Phi) is 6.88. The normalized spacial score (nSPS) is 9.54. The predicted octanol–water partition coefficient (Wildman–Crippen LogP) is 2.17. The number of carbonyl (C=O) groups excluding carboxylic acids is 1. The summed E-state index contributed by atoms with van der Waals surface area (Å²) in [5.41, 5.74) is 0. The van der Waals surface area contributed by atoms with Crippen LogP contribution in [0.2, 0.25) is 0 Å². The van der Waals surface area contributed by atoms with Gasteiger partial charge in [-0.15, -0.1) is 6.58 Å². The Hall–Kier alpha value is -1.12. The SMILES string of the molecule is C=CCCCCCCC(=O)C(=O)O. The second-order valence-corrected chi connectivity index (χ2v) is 2.97. The molecule has 0 fully saturated rings. The average molecular weight is 184 g/mol. The van der Waals surface area contributed by atoms with Crippen molar-refractivity contribution in [2.45, 2.75) is 38.5 Å². The predicted molar refractivity (Wildman–Crippen MR) is 50.5 cm³/mol. The first-order chi connectivity index (χ1) is 6.18. The molecule has 0 aliphatic heterocycles. The first-order valence-corrected chi connectivity index (χ1v) is 4.55. The number of hydrogen-bond acceptors (Lipinski definition) is 2. The van der Waals surface area contributed by atoms with E-state index in [0.717, 1.165) is 25.7 Å². The molecule has 3 heteroatoms. The fourth-order valence-electron chi connectivity index (χ4n) is 1.03. The van der Waals surface area contributed by atoms with E-state index in [1.807, 2.05) is 6.08 Å². The minimum absolute atomic E-state index is 0.170. The molecular formula is C10H16O3. The van der Waals surface area contributed by atoms with Gasteiger partial charge in [-0.05, 0) is 19.3 Å². The van der Waals surface area contributed by atoms with Crippen LogP contribution in [0.25, 0.3) is 0 Å². The number of unbranched alkanes of at least 4 members (excludes halogenated alkanes) is 4. The molecule has 0 radical (unpaired) electrons. The highest BCUT2D eigenvalue weighted by Crippen LogP contribution is 2.05. The Labute approximate surface area is 78.5 Å². The smallest absolute Gasteiger partial charge is 0.372 e. The van der Waals surface area contributed by atoms with E-state index < -0.39 is 11.8 Å². The van der Waals surface area contributed by atoms with Crippen molar-refractivity contribution in [3.63, 3.8) is 0 Å². The van der Waals surface area contributed by atoms with E-state index in [-0.39, 0.29) is 6.42 Å². The molecule has 0 saturated carbocycles. The van der Waals surface area contributed by atoms with Gasteiger partial charge in [0.2, 0.25) is 5.78 Å². The molecule has 3 nitrogen and oxygen atoms in total. The summed E-state index contributed by atoms with van der Waals surface area (Å²) in [7, 11) is 0. The molecule has 0 bridgehead atoms. The van der Waals surface area contributed by atoms with Crippen LogP contribution in [0.5, 0.6) is 0 Å². The number of carbonyl (C=O) groups is 2. The van der Waals surface area contributed by atoms with Crippen molar-refractivity contribution >= 4 is 11.8 Å². The topological polar surface area (TPSA) is 54.4 Å². The van der Waals surface area contributed by atoms with Crippen LogP contribution in [0.3, 0.4) is 0 Å².